The molecular formula is C11H21N3S. The first-order valence-corrected chi connectivity index (χ1v) is 6.46. The third-order valence-corrected chi connectivity index (χ3v) is 3.31. The van der Waals surface area contributed by atoms with E-state index < -0.39 is 0 Å². The van der Waals surface area contributed by atoms with Crippen LogP contribution in [0.1, 0.15) is 25.1 Å². The predicted molar refractivity (Wildman–Crippen MR) is 67.7 cm³/mol. The van der Waals surface area contributed by atoms with Crippen LogP contribution in [-0.4, -0.2) is 36.1 Å². The summed E-state index contributed by atoms with van der Waals surface area (Å²) in [6, 6.07) is 0. The largest absolute Gasteiger partial charge is 0.361 e. The lowest BCUT2D eigenvalue weighted by Gasteiger charge is -2.17. The summed E-state index contributed by atoms with van der Waals surface area (Å²) in [5.74, 6) is 0. The normalized spacial score (nSPS) is 10.9. The van der Waals surface area contributed by atoms with Gasteiger partial charge in [0, 0.05) is 17.6 Å². The minimum absolute atomic E-state index is 1.02. The summed E-state index contributed by atoms with van der Waals surface area (Å²) in [5.41, 5.74) is 0. The Kier molecular flexibility index (Phi) is 5.65. The van der Waals surface area contributed by atoms with E-state index in [9.17, 15) is 0 Å². The van der Waals surface area contributed by atoms with E-state index in [0.717, 1.165) is 24.8 Å². The standard InChI is InChI=1S/C11H21N3S/c1-4-14(5-2)8-6-7-12-11-13-9-10(3)15-11/h9H,4-8H2,1-3H3,(H,12,13). The van der Waals surface area contributed by atoms with Crippen LogP contribution in [0.15, 0.2) is 6.20 Å². The fraction of sp³-hybridized carbons (Fsp3) is 0.727. The van der Waals surface area contributed by atoms with Crippen molar-refractivity contribution in [1.29, 1.82) is 0 Å². The Morgan fingerprint density at radius 2 is 2.13 bits per heavy atom. The SMILES string of the molecule is CCN(CC)CCCNc1ncc(C)s1. The molecule has 0 amide bonds. The van der Waals surface area contributed by atoms with Gasteiger partial charge in [-0.25, -0.2) is 4.98 Å². The summed E-state index contributed by atoms with van der Waals surface area (Å²) in [6.45, 7) is 11.0. The topological polar surface area (TPSA) is 28.2 Å². The Morgan fingerprint density at radius 3 is 2.67 bits per heavy atom. The van der Waals surface area contributed by atoms with Gasteiger partial charge >= 0.3 is 0 Å². The molecule has 4 heteroatoms. The lowest BCUT2D eigenvalue weighted by Crippen LogP contribution is -2.25. The predicted octanol–water partition coefficient (Wildman–Crippen LogP) is 2.60. The van der Waals surface area contributed by atoms with Crippen molar-refractivity contribution >= 4 is 16.5 Å². The Morgan fingerprint density at radius 1 is 1.40 bits per heavy atom. The van der Waals surface area contributed by atoms with E-state index in [0.29, 0.717) is 0 Å². The molecule has 0 radical (unpaired) electrons. The molecule has 0 spiro atoms. The number of anilines is 1. The van der Waals surface area contributed by atoms with Crippen LogP contribution in [0.2, 0.25) is 0 Å². The molecule has 3 nitrogen and oxygen atoms in total. The van der Waals surface area contributed by atoms with Crippen LogP contribution in [0.4, 0.5) is 5.13 Å². The fourth-order valence-electron chi connectivity index (χ4n) is 1.47. The van der Waals surface area contributed by atoms with Gasteiger partial charge in [-0.15, -0.1) is 11.3 Å². The Hall–Kier alpha value is -0.610. The van der Waals surface area contributed by atoms with E-state index in [4.69, 9.17) is 0 Å². The van der Waals surface area contributed by atoms with Crippen molar-refractivity contribution in [2.75, 3.05) is 31.5 Å². The average molecular weight is 227 g/mol. The molecule has 1 heterocycles. The first kappa shape index (κ1) is 12.5. The smallest absolute Gasteiger partial charge is 0.182 e. The maximum Gasteiger partial charge on any atom is 0.182 e. The first-order chi connectivity index (χ1) is 7.26. The molecule has 0 bridgehead atoms. The number of nitrogens with one attached hydrogen (secondary N) is 1. The van der Waals surface area contributed by atoms with Gasteiger partial charge in [0.2, 0.25) is 0 Å². The van der Waals surface area contributed by atoms with Crippen molar-refractivity contribution in [3.8, 4) is 0 Å². The average Bonchev–Trinajstić information content (AvgIpc) is 2.65. The monoisotopic (exact) mass is 227 g/mol. The fourth-order valence-corrected chi connectivity index (χ4v) is 2.16. The van der Waals surface area contributed by atoms with Crippen LogP contribution in [0.5, 0.6) is 0 Å². The summed E-state index contributed by atoms with van der Waals surface area (Å²) in [6.07, 6.45) is 3.09. The second-order valence-electron chi connectivity index (χ2n) is 3.58. The molecule has 1 aromatic heterocycles. The van der Waals surface area contributed by atoms with Crippen molar-refractivity contribution in [1.82, 2.24) is 9.88 Å². The van der Waals surface area contributed by atoms with E-state index in [1.165, 1.54) is 17.8 Å². The maximum atomic E-state index is 4.27. The second-order valence-corrected chi connectivity index (χ2v) is 4.82. The summed E-state index contributed by atoms with van der Waals surface area (Å²) in [7, 11) is 0. The van der Waals surface area contributed by atoms with Gasteiger partial charge in [0.15, 0.2) is 5.13 Å². The molecule has 1 rings (SSSR count). The van der Waals surface area contributed by atoms with Gasteiger partial charge in [0.25, 0.3) is 0 Å². The third-order valence-electron chi connectivity index (χ3n) is 2.44. The zero-order valence-corrected chi connectivity index (χ0v) is 10.7. The molecule has 0 fully saturated rings. The number of thiazole rings is 1. The third kappa shape index (κ3) is 4.62. The summed E-state index contributed by atoms with van der Waals surface area (Å²) >= 11 is 1.72. The molecule has 86 valence electrons. The number of rotatable bonds is 7. The van der Waals surface area contributed by atoms with Crippen molar-refractivity contribution in [3.05, 3.63) is 11.1 Å². The van der Waals surface area contributed by atoms with E-state index in [1.54, 1.807) is 11.3 Å². The second kappa shape index (κ2) is 6.80. The molecule has 0 aliphatic carbocycles. The molecule has 0 saturated carbocycles. The van der Waals surface area contributed by atoms with Crippen LogP contribution in [0, 0.1) is 6.92 Å². The highest BCUT2D eigenvalue weighted by Gasteiger charge is 1.99. The number of hydrogen-bond acceptors (Lipinski definition) is 4. The summed E-state index contributed by atoms with van der Waals surface area (Å²) in [5, 5.41) is 4.40. The highest BCUT2D eigenvalue weighted by Crippen LogP contribution is 2.15. The first-order valence-electron chi connectivity index (χ1n) is 5.65. The van der Waals surface area contributed by atoms with Crippen molar-refractivity contribution in [2.45, 2.75) is 27.2 Å². The highest BCUT2D eigenvalue weighted by atomic mass is 32.1. The Balaban J connectivity index is 2.11. The molecule has 0 aliphatic heterocycles. The van der Waals surface area contributed by atoms with Crippen molar-refractivity contribution < 1.29 is 0 Å². The molecule has 1 N–H and O–H groups in total. The molecule has 15 heavy (non-hydrogen) atoms. The number of hydrogen-bond donors (Lipinski definition) is 1. The molecule has 0 aliphatic rings. The van der Waals surface area contributed by atoms with Gasteiger partial charge in [-0.2, -0.15) is 0 Å². The maximum absolute atomic E-state index is 4.27. The van der Waals surface area contributed by atoms with Crippen LogP contribution < -0.4 is 5.32 Å². The molecular weight excluding hydrogens is 206 g/mol. The van der Waals surface area contributed by atoms with E-state index >= 15 is 0 Å². The highest BCUT2D eigenvalue weighted by molar-refractivity contribution is 7.15. The molecule has 0 saturated heterocycles. The molecule has 0 aromatic carbocycles. The van der Waals surface area contributed by atoms with Crippen molar-refractivity contribution in [3.63, 3.8) is 0 Å². The minimum atomic E-state index is 1.02. The van der Waals surface area contributed by atoms with Gasteiger partial charge in [0.1, 0.15) is 0 Å². The van der Waals surface area contributed by atoms with E-state index in [1.807, 2.05) is 6.20 Å². The van der Waals surface area contributed by atoms with Crippen LogP contribution in [0.3, 0.4) is 0 Å². The quantitative estimate of drug-likeness (QED) is 0.726. The number of nitrogens with zero attached hydrogens (tertiary/aromatic N) is 2. The zero-order valence-electron chi connectivity index (χ0n) is 9.92. The van der Waals surface area contributed by atoms with Gasteiger partial charge in [-0.3, -0.25) is 0 Å². The van der Waals surface area contributed by atoms with E-state index in [2.05, 4.69) is 36.0 Å². The lowest BCUT2D eigenvalue weighted by atomic mass is 10.3. The molecule has 1 aromatic rings. The van der Waals surface area contributed by atoms with Gasteiger partial charge < -0.3 is 10.2 Å². The Bertz CT molecular complexity index is 269. The van der Waals surface area contributed by atoms with Crippen LogP contribution in [0.25, 0.3) is 0 Å². The molecule has 0 unspecified atom stereocenters. The number of aromatic nitrogens is 1. The summed E-state index contributed by atoms with van der Waals surface area (Å²) in [4.78, 5) is 7.97. The van der Waals surface area contributed by atoms with Gasteiger partial charge in [-0.05, 0) is 33.0 Å². The van der Waals surface area contributed by atoms with Gasteiger partial charge in [-0.1, -0.05) is 13.8 Å². The lowest BCUT2D eigenvalue weighted by molar-refractivity contribution is 0.303. The summed E-state index contributed by atoms with van der Waals surface area (Å²) < 4.78 is 0. The molecule has 0 atom stereocenters. The van der Waals surface area contributed by atoms with Crippen molar-refractivity contribution in [2.24, 2.45) is 0 Å². The van der Waals surface area contributed by atoms with Crippen LogP contribution in [-0.2, 0) is 0 Å². The minimum Gasteiger partial charge on any atom is -0.361 e. The van der Waals surface area contributed by atoms with Gasteiger partial charge in [0.05, 0.1) is 0 Å². The zero-order chi connectivity index (χ0) is 11.1. The Labute approximate surface area is 96.5 Å². The number of aryl methyl sites for hydroxylation is 1. The van der Waals surface area contributed by atoms with E-state index in [-0.39, 0.29) is 0 Å². The van der Waals surface area contributed by atoms with Crippen LogP contribution >= 0.6 is 11.3 Å².